The largest absolute Gasteiger partial charge is 0.386 e. The predicted octanol–water partition coefficient (Wildman–Crippen LogP) is 3.87. The second-order valence-electron chi connectivity index (χ2n) is 7.56. The lowest BCUT2D eigenvalue weighted by Crippen LogP contribution is -2.60. The molecule has 110 valence electrons. The van der Waals surface area contributed by atoms with E-state index < -0.39 is 5.60 Å². The van der Waals surface area contributed by atoms with E-state index in [1.54, 1.807) is 0 Å². The Kier molecular flexibility index (Phi) is 3.01. The van der Waals surface area contributed by atoms with Gasteiger partial charge in [0.1, 0.15) is 5.60 Å². The van der Waals surface area contributed by atoms with E-state index in [-0.39, 0.29) is 26.8 Å². The minimum atomic E-state index is -0.755. The van der Waals surface area contributed by atoms with Gasteiger partial charge in [-0.05, 0) is 45.4 Å². The number of hydrogen-bond donors (Lipinski definition) is 1. The van der Waals surface area contributed by atoms with Gasteiger partial charge >= 0.3 is 0 Å². The van der Waals surface area contributed by atoms with Gasteiger partial charge in [0.25, 0.3) is 0 Å². The first kappa shape index (κ1) is 14.6. The molecule has 7 atom stereocenters. The van der Waals surface area contributed by atoms with Gasteiger partial charge < -0.3 is 9.84 Å². The summed E-state index contributed by atoms with van der Waals surface area (Å²) in [6, 6.07) is 0. The fourth-order valence-electron chi connectivity index (χ4n) is 4.76. The Bertz CT molecular complexity index is 415. The normalized spacial score (nSPS) is 64.9. The summed E-state index contributed by atoms with van der Waals surface area (Å²) in [4.78, 5) is -0.215. The smallest absolute Gasteiger partial charge is 0.100 e. The van der Waals surface area contributed by atoms with Crippen LogP contribution in [0.4, 0.5) is 0 Å². The third-order valence-corrected chi connectivity index (χ3v) is 8.73. The average molecular weight is 352 g/mol. The average Bonchev–Trinajstić information content (AvgIpc) is 2.60. The molecule has 1 heterocycles. The molecule has 0 aromatic rings. The molecule has 0 amide bonds. The topological polar surface area (TPSA) is 29.5 Å². The number of alkyl halides is 2. The van der Waals surface area contributed by atoms with Crippen LogP contribution in [-0.4, -0.2) is 32.1 Å². The molecule has 1 aliphatic heterocycles. The van der Waals surface area contributed by atoms with Gasteiger partial charge in [0, 0.05) is 10.2 Å². The standard InChI is InChI=1S/C15H24BrClO2/c1-9-5-6-13(3)14(9,4)19-11-8-12(2,17)10(16)7-15(11,13)18/h9-11,18H,5-8H2,1-4H3/t9-,10+,11+,12+,13-,14+,15+/m1/s1. The third-order valence-electron chi connectivity index (χ3n) is 6.72. The Morgan fingerprint density at radius 2 is 1.89 bits per heavy atom. The molecule has 4 heteroatoms. The van der Waals surface area contributed by atoms with E-state index in [0.29, 0.717) is 18.8 Å². The van der Waals surface area contributed by atoms with Crippen molar-refractivity contribution in [3.63, 3.8) is 0 Å². The summed E-state index contributed by atoms with van der Waals surface area (Å²) in [6.07, 6.45) is 3.42. The van der Waals surface area contributed by atoms with Crippen molar-refractivity contribution in [1.29, 1.82) is 0 Å². The summed E-state index contributed by atoms with van der Waals surface area (Å²) in [6.45, 7) is 8.69. The van der Waals surface area contributed by atoms with Crippen LogP contribution in [0.25, 0.3) is 0 Å². The lowest BCUT2D eigenvalue weighted by Gasteiger charge is -2.50. The molecule has 2 aliphatic carbocycles. The molecule has 1 N–H and O–H groups in total. The van der Waals surface area contributed by atoms with Crippen molar-refractivity contribution in [3.8, 4) is 0 Å². The van der Waals surface area contributed by atoms with Crippen LogP contribution in [0.1, 0.15) is 53.4 Å². The molecule has 0 spiro atoms. The van der Waals surface area contributed by atoms with Crippen LogP contribution in [-0.2, 0) is 4.74 Å². The molecule has 19 heavy (non-hydrogen) atoms. The van der Waals surface area contributed by atoms with Crippen molar-refractivity contribution in [2.24, 2.45) is 11.3 Å². The highest BCUT2D eigenvalue weighted by Crippen LogP contribution is 2.68. The van der Waals surface area contributed by atoms with Gasteiger partial charge in [0.05, 0.1) is 16.6 Å². The Morgan fingerprint density at radius 3 is 2.53 bits per heavy atom. The summed E-state index contributed by atoms with van der Waals surface area (Å²) < 4.78 is 6.42. The van der Waals surface area contributed by atoms with Crippen LogP contribution in [0.5, 0.6) is 0 Å². The van der Waals surface area contributed by atoms with Gasteiger partial charge in [-0.25, -0.2) is 0 Å². The molecule has 3 rings (SSSR count). The van der Waals surface area contributed by atoms with Crippen LogP contribution < -0.4 is 0 Å². The number of rotatable bonds is 0. The van der Waals surface area contributed by atoms with Crippen molar-refractivity contribution < 1.29 is 9.84 Å². The van der Waals surface area contributed by atoms with Gasteiger partial charge in [-0.15, -0.1) is 11.6 Å². The van der Waals surface area contributed by atoms with Crippen LogP contribution in [0.2, 0.25) is 0 Å². The van der Waals surface area contributed by atoms with Crippen molar-refractivity contribution in [3.05, 3.63) is 0 Å². The predicted molar refractivity (Wildman–Crippen MR) is 80.9 cm³/mol. The number of ether oxygens (including phenoxy) is 1. The second kappa shape index (κ2) is 3.91. The first-order valence-corrected chi connectivity index (χ1v) is 8.59. The van der Waals surface area contributed by atoms with Gasteiger partial charge in [-0.3, -0.25) is 0 Å². The van der Waals surface area contributed by atoms with Crippen LogP contribution >= 0.6 is 27.5 Å². The highest BCUT2D eigenvalue weighted by Gasteiger charge is 2.74. The Balaban J connectivity index is 2.04. The molecule has 3 aliphatic rings. The Hall–Kier alpha value is 0.690. The Labute approximate surface area is 129 Å². The van der Waals surface area contributed by atoms with Gasteiger partial charge in [0.2, 0.25) is 0 Å². The monoisotopic (exact) mass is 350 g/mol. The second-order valence-corrected chi connectivity index (χ2v) is 9.53. The molecule has 1 saturated heterocycles. The van der Waals surface area contributed by atoms with Crippen molar-refractivity contribution in [2.45, 2.75) is 80.4 Å². The molecule has 3 fully saturated rings. The molecule has 0 radical (unpaired) electrons. The lowest BCUT2D eigenvalue weighted by atomic mass is 9.59. The fourth-order valence-corrected chi connectivity index (χ4v) is 5.65. The van der Waals surface area contributed by atoms with Crippen molar-refractivity contribution in [2.75, 3.05) is 0 Å². The van der Waals surface area contributed by atoms with E-state index in [1.807, 2.05) is 6.92 Å². The molecule has 2 nitrogen and oxygen atoms in total. The van der Waals surface area contributed by atoms with E-state index in [9.17, 15) is 5.11 Å². The molecule has 0 aromatic carbocycles. The maximum Gasteiger partial charge on any atom is 0.100 e. The summed E-state index contributed by atoms with van der Waals surface area (Å²) in [5, 5.41) is 11.4. The number of hydrogen-bond acceptors (Lipinski definition) is 2. The summed E-state index contributed by atoms with van der Waals surface area (Å²) in [5.41, 5.74) is -1.14. The summed E-state index contributed by atoms with van der Waals surface area (Å²) in [5.74, 6) is 0.488. The zero-order valence-corrected chi connectivity index (χ0v) is 14.5. The first-order chi connectivity index (χ1) is 8.57. The van der Waals surface area contributed by atoms with Gasteiger partial charge in [-0.1, -0.05) is 29.8 Å². The van der Waals surface area contributed by atoms with Crippen molar-refractivity contribution >= 4 is 27.5 Å². The third kappa shape index (κ3) is 1.56. The van der Waals surface area contributed by atoms with Gasteiger partial charge in [-0.2, -0.15) is 0 Å². The maximum atomic E-state index is 11.4. The minimum Gasteiger partial charge on any atom is -0.386 e. The van der Waals surface area contributed by atoms with E-state index >= 15 is 0 Å². The summed E-state index contributed by atoms with van der Waals surface area (Å²) in [7, 11) is 0. The zero-order valence-electron chi connectivity index (χ0n) is 12.2. The van der Waals surface area contributed by atoms with Crippen molar-refractivity contribution in [1.82, 2.24) is 0 Å². The molecular formula is C15H24BrClO2. The van der Waals surface area contributed by atoms with E-state index in [2.05, 4.69) is 36.7 Å². The van der Waals surface area contributed by atoms with E-state index in [4.69, 9.17) is 16.3 Å². The number of aliphatic hydroxyl groups is 1. The molecule has 2 saturated carbocycles. The van der Waals surface area contributed by atoms with Crippen LogP contribution in [0.15, 0.2) is 0 Å². The maximum absolute atomic E-state index is 11.4. The minimum absolute atomic E-state index is 0.126. The van der Waals surface area contributed by atoms with Gasteiger partial charge in [0.15, 0.2) is 0 Å². The first-order valence-electron chi connectivity index (χ1n) is 7.30. The zero-order chi connectivity index (χ0) is 14.3. The van der Waals surface area contributed by atoms with Crippen LogP contribution in [0, 0.1) is 11.3 Å². The molecule has 0 bridgehead atoms. The fraction of sp³-hybridized carbons (Fsp3) is 1.00. The molecule has 0 aromatic heterocycles. The number of halogens is 2. The lowest BCUT2D eigenvalue weighted by molar-refractivity contribution is -0.112. The quantitative estimate of drug-likeness (QED) is 0.671. The number of fused-ring (bicyclic) bond motifs is 3. The Morgan fingerprint density at radius 1 is 1.26 bits per heavy atom. The van der Waals surface area contributed by atoms with E-state index in [0.717, 1.165) is 12.8 Å². The molecule has 0 unspecified atom stereocenters. The summed E-state index contributed by atoms with van der Waals surface area (Å²) >= 11 is 10.3. The SMILES string of the molecule is C[C@@H]1CC[C@]2(C)[C@@]1(C)O[C@H]1C[C@](C)(Cl)[C@@H](Br)C[C@]12O. The highest BCUT2D eigenvalue weighted by molar-refractivity contribution is 9.09. The van der Waals surface area contributed by atoms with Crippen LogP contribution in [0.3, 0.4) is 0 Å². The highest BCUT2D eigenvalue weighted by atomic mass is 79.9. The van der Waals surface area contributed by atoms with E-state index in [1.165, 1.54) is 0 Å². The molecular weight excluding hydrogens is 328 g/mol.